The average Bonchev–Trinajstić information content (AvgIpc) is 3.26. The van der Waals surface area contributed by atoms with Crippen LogP contribution in [0.15, 0.2) is 41.0 Å². The van der Waals surface area contributed by atoms with Crippen LogP contribution in [0.1, 0.15) is 25.0 Å². The molecule has 1 aromatic carbocycles. The molecule has 4 rings (SSSR count). The normalized spacial score (nSPS) is 19.0. The van der Waals surface area contributed by atoms with Crippen LogP contribution in [0.2, 0.25) is 0 Å². The summed E-state index contributed by atoms with van der Waals surface area (Å²) in [6.45, 7) is 3.96. The molecular formula is C19H24ClN3O2. The van der Waals surface area contributed by atoms with E-state index in [0.717, 1.165) is 44.6 Å². The third-order valence-electron chi connectivity index (χ3n) is 5.41. The number of rotatable bonds is 3. The number of halogens is 1. The van der Waals surface area contributed by atoms with Gasteiger partial charge in [0, 0.05) is 25.2 Å². The summed E-state index contributed by atoms with van der Waals surface area (Å²) in [4.78, 5) is 19.0. The first-order chi connectivity index (χ1) is 11.7. The molecule has 0 aliphatic carbocycles. The second-order valence-corrected chi connectivity index (χ2v) is 6.99. The fourth-order valence-electron chi connectivity index (χ4n) is 3.82. The van der Waals surface area contributed by atoms with Crippen molar-refractivity contribution in [2.24, 2.45) is 5.41 Å². The van der Waals surface area contributed by atoms with E-state index in [1.807, 2.05) is 35.2 Å². The molecule has 1 amide bonds. The second kappa shape index (κ2) is 7.58. The molecule has 0 unspecified atom stereocenters. The summed E-state index contributed by atoms with van der Waals surface area (Å²) < 4.78 is 5.52. The van der Waals surface area contributed by atoms with Gasteiger partial charge in [-0.15, -0.1) is 12.4 Å². The molecule has 0 saturated carbocycles. The molecule has 2 aliphatic heterocycles. The average molecular weight is 362 g/mol. The number of oxazole rings is 1. The SMILES string of the molecule is Cl.O=C(Cc1coc(-c2ccccc2)n1)N1CCC2(CCNC2)CC1. The number of piperidine rings is 1. The van der Waals surface area contributed by atoms with Crippen LogP contribution >= 0.6 is 12.4 Å². The highest BCUT2D eigenvalue weighted by molar-refractivity contribution is 5.85. The Morgan fingerprint density at radius 2 is 1.96 bits per heavy atom. The lowest BCUT2D eigenvalue weighted by molar-refractivity contribution is -0.132. The fourth-order valence-corrected chi connectivity index (χ4v) is 3.82. The lowest BCUT2D eigenvalue weighted by Crippen LogP contribution is -2.44. The van der Waals surface area contributed by atoms with Crippen LogP contribution in [0, 0.1) is 5.41 Å². The summed E-state index contributed by atoms with van der Waals surface area (Å²) in [5.41, 5.74) is 2.08. The Labute approximate surface area is 154 Å². The van der Waals surface area contributed by atoms with E-state index in [2.05, 4.69) is 10.3 Å². The molecular weight excluding hydrogens is 338 g/mol. The number of carbonyl (C=O) groups excluding carboxylic acids is 1. The van der Waals surface area contributed by atoms with E-state index in [9.17, 15) is 4.79 Å². The van der Waals surface area contributed by atoms with E-state index >= 15 is 0 Å². The zero-order chi connectivity index (χ0) is 16.4. The van der Waals surface area contributed by atoms with Gasteiger partial charge in [-0.2, -0.15) is 0 Å². The van der Waals surface area contributed by atoms with Gasteiger partial charge in [0.05, 0.1) is 12.1 Å². The molecule has 0 bridgehead atoms. The van der Waals surface area contributed by atoms with Gasteiger partial charge in [-0.1, -0.05) is 18.2 Å². The monoisotopic (exact) mass is 361 g/mol. The lowest BCUT2D eigenvalue weighted by atomic mass is 9.78. The summed E-state index contributed by atoms with van der Waals surface area (Å²) in [5, 5.41) is 3.46. The van der Waals surface area contributed by atoms with Crippen molar-refractivity contribution in [3.8, 4) is 11.5 Å². The quantitative estimate of drug-likeness (QED) is 0.913. The van der Waals surface area contributed by atoms with E-state index in [0.29, 0.717) is 23.4 Å². The van der Waals surface area contributed by atoms with Gasteiger partial charge in [-0.25, -0.2) is 4.98 Å². The summed E-state index contributed by atoms with van der Waals surface area (Å²) in [5.74, 6) is 0.733. The van der Waals surface area contributed by atoms with E-state index in [-0.39, 0.29) is 18.3 Å². The Balaban J connectivity index is 0.00000182. The van der Waals surface area contributed by atoms with E-state index in [1.54, 1.807) is 6.26 Å². The molecule has 2 fully saturated rings. The van der Waals surface area contributed by atoms with E-state index < -0.39 is 0 Å². The van der Waals surface area contributed by atoms with Crippen LogP contribution in [0.4, 0.5) is 0 Å². The third-order valence-corrected chi connectivity index (χ3v) is 5.41. The first-order valence-electron chi connectivity index (χ1n) is 8.73. The molecule has 2 saturated heterocycles. The van der Waals surface area contributed by atoms with Gasteiger partial charge in [-0.3, -0.25) is 4.79 Å². The first-order valence-corrected chi connectivity index (χ1v) is 8.73. The summed E-state index contributed by atoms with van der Waals surface area (Å²) in [6, 6.07) is 9.77. The number of hydrogen-bond acceptors (Lipinski definition) is 4. The van der Waals surface area contributed by atoms with Crippen molar-refractivity contribution < 1.29 is 9.21 Å². The van der Waals surface area contributed by atoms with Gasteiger partial charge < -0.3 is 14.6 Å². The minimum Gasteiger partial charge on any atom is -0.444 e. The van der Waals surface area contributed by atoms with Crippen LogP contribution in [0.5, 0.6) is 0 Å². The zero-order valence-electron chi connectivity index (χ0n) is 14.2. The minimum absolute atomic E-state index is 0. The van der Waals surface area contributed by atoms with Gasteiger partial charge in [-0.05, 0) is 43.4 Å². The molecule has 134 valence electrons. The van der Waals surface area contributed by atoms with Crippen LogP contribution in [0.25, 0.3) is 11.5 Å². The predicted octanol–water partition coefficient (Wildman–Crippen LogP) is 2.91. The maximum atomic E-state index is 12.5. The number of benzene rings is 1. The van der Waals surface area contributed by atoms with E-state index in [4.69, 9.17) is 4.42 Å². The number of carbonyl (C=O) groups is 1. The first kappa shape index (κ1) is 18.0. The molecule has 6 heteroatoms. The molecule has 1 spiro atoms. The second-order valence-electron chi connectivity index (χ2n) is 6.99. The fraction of sp³-hybridized carbons (Fsp3) is 0.474. The molecule has 5 nitrogen and oxygen atoms in total. The van der Waals surface area contributed by atoms with Gasteiger partial charge in [0.25, 0.3) is 0 Å². The molecule has 3 heterocycles. The Morgan fingerprint density at radius 1 is 1.20 bits per heavy atom. The van der Waals surface area contributed by atoms with Gasteiger partial charge in [0.1, 0.15) is 6.26 Å². The van der Waals surface area contributed by atoms with Crippen LogP contribution in [-0.2, 0) is 11.2 Å². The van der Waals surface area contributed by atoms with Crippen LogP contribution in [-0.4, -0.2) is 42.0 Å². The summed E-state index contributed by atoms with van der Waals surface area (Å²) in [7, 11) is 0. The van der Waals surface area contributed by atoms with Crippen LogP contribution < -0.4 is 5.32 Å². The Bertz CT molecular complexity index is 700. The van der Waals surface area contributed by atoms with Crippen molar-refractivity contribution in [3.63, 3.8) is 0 Å². The van der Waals surface area contributed by atoms with Gasteiger partial charge in [0.2, 0.25) is 11.8 Å². The highest BCUT2D eigenvalue weighted by Gasteiger charge is 2.38. The van der Waals surface area contributed by atoms with Crippen molar-refractivity contribution in [3.05, 3.63) is 42.3 Å². The number of amides is 1. The van der Waals surface area contributed by atoms with E-state index in [1.165, 1.54) is 6.42 Å². The molecule has 1 N–H and O–H groups in total. The molecule has 0 atom stereocenters. The molecule has 0 radical (unpaired) electrons. The Morgan fingerprint density at radius 3 is 2.64 bits per heavy atom. The maximum Gasteiger partial charge on any atom is 0.228 e. The standard InChI is InChI=1S/C19H23N3O2.ClH/c23-17(22-10-7-19(8-11-22)6-9-20-14-19)12-16-13-24-18(21-16)15-4-2-1-3-5-15;/h1-5,13,20H,6-12,14H2;1H. The number of nitrogens with zero attached hydrogens (tertiary/aromatic N) is 2. The van der Waals surface area contributed by atoms with Gasteiger partial charge >= 0.3 is 0 Å². The zero-order valence-corrected chi connectivity index (χ0v) is 15.1. The summed E-state index contributed by atoms with van der Waals surface area (Å²) in [6.07, 6.45) is 5.40. The van der Waals surface area contributed by atoms with Crippen molar-refractivity contribution in [2.45, 2.75) is 25.7 Å². The van der Waals surface area contributed by atoms with Crippen molar-refractivity contribution in [1.82, 2.24) is 15.2 Å². The smallest absolute Gasteiger partial charge is 0.228 e. The lowest BCUT2D eigenvalue weighted by Gasteiger charge is -2.38. The molecule has 2 aromatic rings. The van der Waals surface area contributed by atoms with Crippen molar-refractivity contribution in [2.75, 3.05) is 26.2 Å². The molecule has 25 heavy (non-hydrogen) atoms. The van der Waals surface area contributed by atoms with Gasteiger partial charge in [0.15, 0.2) is 0 Å². The highest BCUT2D eigenvalue weighted by atomic mass is 35.5. The van der Waals surface area contributed by atoms with Crippen LogP contribution in [0.3, 0.4) is 0 Å². The Kier molecular flexibility index (Phi) is 5.45. The Hall–Kier alpha value is -1.85. The molecule has 2 aliphatic rings. The maximum absolute atomic E-state index is 12.5. The molecule has 1 aromatic heterocycles. The highest BCUT2D eigenvalue weighted by Crippen LogP contribution is 2.37. The number of nitrogens with one attached hydrogen (secondary N) is 1. The number of likely N-dealkylation sites (tertiary alicyclic amines) is 1. The third kappa shape index (κ3) is 3.88. The van der Waals surface area contributed by atoms with Crippen molar-refractivity contribution >= 4 is 18.3 Å². The van der Waals surface area contributed by atoms with Crippen molar-refractivity contribution in [1.29, 1.82) is 0 Å². The summed E-state index contributed by atoms with van der Waals surface area (Å²) >= 11 is 0. The number of aromatic nitrogens is 1. The minimum atomic E-state index is 0. The largest absolute Gasteiger partial charge is 0.444 e. The number of hydrogen-bond donors (Lipinski definition) is 1. The topological polar surface area (TPSA) is 58.4 Å². The predicted molar refractivity (Wildman–Crippen MR) is 98.6 cm³/mol.